The molecule has 2 rings (SSSR count). The molecule has 7 nitrogen and oxygen atoms in total. The fourth-order valence-corrected chi connectivity index (χ4v) is 1.64. The number of nitro groups is 1. The van der Waals surface area contributed by atoms with Gasteiger partial charge in [0.15, 0.2) is 0 Å². The van der Waals surface area contributed by atoms with Gasteiger partial charge in [0.25, 0.3) is 0 Å². The SMILES string of the molecule is CNc1nc(C)c([N+](=O)[O-])c(Nc2ccccc2)n1. The number of benzene rings is 1. The van der Waals surface area contributed by atoms with E-state index >= 15 is 0 Å². The summed E-state index contributed by atoms with van der Waals surface area (Å²) in [5, 5.41) is 16.8. The second-order valence-corrected chi connectivity index (χ2v) is 3.83. The first-order valence-electron chi connectivity index (χ1n) is 5.64. The molecule has 0 saturated carbocycles. The molecule has 1 aromatic carbocycles. The van der Waals surface area contributed by atoms with Gasteiger partial charge in [0, 0.05) is 12.7 Å². The third kappa shape index (κ3) is 2.76. The van der Waals surface area contributed by atoms with E-state index in [0.717, 1.165) is 5.69 Å². The summed E-state index contributed by atoms with van der Waals surface area (Å²) in [5.41, 5.74) is 0.913. The lowest BCUT2D eigenvalue weighted by atomic mass is 10.3. The summed E-state index contributed by atoms with van der Waals surface area (Å²) in [6, 6.07) is 9.15. The van der Waals surface area contributed by atoms with Crippen molar-refractivity contribution in [1.82, 2.24) is 9.97 Å². The van der Waals surface area contributed by atoms with Crippen molar-refractivity contribution in [2.45, 2.75) is 6.92 Å². The van der Waals surface area contributed by atoms with Crippen molar-refractivity contribution in [1.29, 1.82) is 0 Å². The van der Waals surface area contributed by atoms with Crippen LogP contribution in [0, 0.1) is 17.0 Å². The highest BCUT2D eigenvalue weighted by Gasteiger charge is 2.21. The van der Waals surface area contributed by atoms with Crippen molar-refractivity contribution < 1.29 is 4.92 Å². The molecule has 1 heterocycles. The number of hydrogen-bond donors (Lipinski definition) is 2. The maximum absolute atomic E-state index is 11.1. The number of nitrogens with one attached hydrogen (secondary N) is 2. The summed E-state index contributed by atoms with van der Waals surface area (Å²) in [4.78, 5) is 18.7. The van der Waals surface area contributed by atoms with Gasteiger partial charge in [0.2, 0.25) is 11.8 Å². The second kappa shape index (κ2) is 5.30. The quantitative estimate of drug-likeness (QED) is 0.647. The molecule has 0 fully saturated rings. The minimum absolute atomic E-state index is 0.122. The zero-order valence-corrected chi connectivity index (χ0v) is 10.5. The van der Waals surface area contributed by atoms with Crippen molar-refractivity contribution in [2.75, 3.05) is 17.7 Å². The molecule has 0 saturated heterocycles. The number of para-hydroxylation sites is 1. The molecule has 0 aliphatic heterocycles. The van der Waals surface area contributed by atoms with Crippen molar-refractivity contribution in [3.8, 4) is 0 Å². The van der Waals surface area contributed by atoms with Gasteiger partial charge < -0.3 is 10.6 Å². The molecule has 0 radical (unpaired) electrons. The van der Waals surface area contributed by atoms with Gasteiger partial charge in [0.05, 0.1) is 4.92 Å². The zero-order valence-electron chi connectivity index (χ0n) is 10.5. The number of hydrogen-bond acceptors (Lipinski definition) is 6. The predicted octanol–water partition coefficient (Wildman–Crippen LogP) is 2.48. The molecule has 0 amide bonds. The van der Waals surface area contributed by atoms with E-state index in [9.17, 15) is 10.1 Å². The van der Waals surface area contributed by atoms with Gasteiger partial charge in [-0.15, -0.1) is 0 Å². The van der Waals surface area contributed by atoms with Crippen LogP contribution in [0.25, 0.3) is 0 Å². The van der Waals surface area contributed by atoms with Crippen molar-refractivity contribution in [3.63, 3.8) is 0 Å². The van der Waals surface area contributed by atoms with Crippen molar-refractivity contribution >= 4 is 23.1 Å². The maximum Gasteiger partial charge on any atom is 0.332 e. The lowest BCUT2D eigenvalue weighted by Crippen LogP contribution is -2.07. The smallest absolute Gasteiger partial charge is 0.332 e. The summed E-state index contributed by atoms with van der Waals surface area (Å²) in [6.45, 7) is 1.58. The molecule has 2 N–H and O–H groups in total. The highest BCUT2D eigenvalue weighted by molar-refractivity contribution is 5.68. The number of aryl methyl sites for hydroxylation is 1. The third-order valence-corrected chi connectivity index (χ3v) is 2.50. The van der Waals surface area contributed by atoms with Crippen LogP contribution in [0.4, 0.5) is 23.1 Å². The van der Waals surface area contributed by atoms with E-state index < -0.39 is 4.92 Å². The van der Waals surface area contributed by atoms with Gasteiger partial charge in [0.1, 0.15) is 5.69 Å². The molecule has 0 aliphatic carbocycles. The topological polar surface area (TPSA) is 93.0 Å². The number of aromatic nitrogens is 2. The minimum atomic E-state index is -0.486. The number of rotatable bonds is 4. The van der Waals surface area contributed by atoms with E-state index in [1.165, 1.54) is 0 Å². The van der Waals surface area contributed by atoms with Gasteiger partial charge in [-0.1, -0.05) is 18.2 Å². The minimum Gasteiger partial charge on any atom is -0.357 e. The lowest BCUT2D eigenvalue weighted by Gasteiger charge is -2.09. The Bertz CT molecular complexity index is 601. The average molecular weight is 259 g/mol. The summed E-state index contributed by atoms with van der Waals surface area (Å²) < 4.78 is 0. The van der Waals surface area contributed by atoms with E-state index in [4.69, 9.17) is 0 Å². The van der Waals surface area contributed by atoms with Gasteiger partial charge in [-0.05, 0) is 19.1 Å². The first-order valence-corrected chi connectivity index (χ1v) is 5.64. The Labute approximate surface area is 109 Å². The standard InChI is InChI=1S/C12H13N5O2/c1-8-10(17(18)19)11(16-12(13-2)14-8)15-9-6-4-3-5-7-9/h3-7H,1-2H3,(H2,13,14,15,16). The van der Waals surface area contributed by atoms with Crippen LogP contribution in [-0.2, 0) is 0 Å². The Morgan fingerprint density at radius 3 is 2.47 bits per heavy atom. The second-order valence-electron chi connectivity index (χ2n) is 3.83. The predicted molar refractivity (Wildman–Crippen MR) is 72.7 cm³/mol. The fraction of sp³-hybridized carbons (Fsp3) is 0.167. The summed E-state index contributed by atoms with van der Waals surface area (Å²) in [6.07, 6.45) is 0. The third-order valence-electron chi connectivity index (χ3n) is 2.50. The number of nitrogens with zero attached hydrogens (tertiary/aromatic N) is 3. The van der Waals surface area contributed by atoms with Gasteiger partial charge in [-0.3, -0.25) is 10.1 Å². The van der Waals surface area contributed by atoms with E-state index in [1.807, 2.05) is 18.2 Å². The largest absolute Gasteiger partial charge is 0.357 e. The molecule has 7 heteroatoms. The van der Waals surface area contributed by atoms with Crippen molar-refractivity contribution in [3.05, 3.63) is 46.1 Å². The highest BCUT2D eigenvalue weighted by Crippen LogP contribution is 2.28. The molecule has 19 heavy (non-hydrogen) atoms. The molecule has 0 unspecified atom stereocenters. The molecule has 0 atom stereocenters. The van der Waals surface area contributed by atoms with Crippen LogP contribution in [0.15, 0.2) is 30.3 Å². The van der Waals surface area contributed by atoms with Gasteiger partial charge >= 0.3 is 5.69 Å². The van der Waals surface area contributed by atoms with Crippen LogP contribution in [-0.4, -0.2) is 21.9 Å². The molecule has 0 aliphatic rings. The van der Waals surface area contributed by atoms with Crippen LogP contribution >= 0.6 is 0 Å². The molecule has 0 bridgehead atoms. The van der Waals surface area contributed by atoms with Crippen LogP contribution in [0.5, 0.6) is 0 Å². The Hall–Kier alpha value is -2.70. The van der Waals surface area contributed by atoms with Crippen LogP contribution < -0.4 is 10.6 Å². The summed E-state index contributed by atoms with van der Waals surface area (Å²) in [7, 11) is 1.66. The Morgan fingerprint density at radius 1 is 1.21 bits per heavy atom. The molecular weight excluding hydrogens is 246 g/mol. The summed E-state index contributed by atoms with van der Waals surface area (Å²) >= 11 is 0. The van der Waals surface area contributed by atoms with Crippen LogP contribution in [0.1, 0.15) is 5.69 Å². The molecule has 98 valence electrons. The molecule has 0 spiro atoms. The zero-order chi connectivity index (χ0) is 13.8. The Balaban J connectivity index is 2.48. The Morgan fingerprint density at radius 2 is 1.89 bits per heavy atom. The van der Waals surface area contributed by atoms with E-state index in [1.54, 1.807) is 26.1 Å². The Kier molecular flexibility index (Phi) is 3.56. The van der Waals surface area contributed by atoms with Crippen LogP contribution in [0.3, 0.4) is 0 Å². The first-order chi connectivity index (χ1) is 9.11. The highest BCUT2D eigenvalue weighted by atomic mass is 16.6. The first kappa shape index (κ1) is 12.7. The monoisotopic (exact) mass is 259 g/mol. The molecule has 1 aromatic heterocycles. The van der Waals surface area contributed by atoms with Crippen molar-refractivity contribution in [2.24, 2.45) is 0 Å². The molecule has 2 aromatic rings. The lowest BCUT2D eigenvalue weighted by molar-refractivity contribution is -0.385. The van der Waals surface area contributed by atoms with E-state index in [2.05, 4.69) is 20.6 Å². The van der Waals surface area contributed by atoms with E-state index in [-0.39, 0.29) is 11.5 Å². The maximum atomic E-state index is 11.1. The normalized spacial score (nSPS) is 10.0. The molecular formula is C12H13N5O2. The summed E-state index contributed by atoms with van der Waals surface area (Å²) in [5.74, 6) is 0.509. The average Bonchev–Trinajstić information content (AvgIpc) is 2.38. The van der Waals surface area contributed by atoms with E-state index in [0.29, 0.717) is 11.6 Å². The van der Waals surface area contributed by atoms with Gasteiger partial charge in [-0.2, -0.15) is 4.98 Å². The van der Waals surface area contributed by atoms with Gasteiger partial charge in [-0.25, -0.2) is 4.98 Å². The fourth-order valence-electron chi connectivity index (χ4n) is 1.64. The number of anilines is 3. The van der Waals surface area contributed by atoms with Crippen LogP contribution in [0.2, 0.25) is 0 Å².